The van der Waals surface area contributed by atoms with Gasteiger partial charge < -0.3 is 19.6 Å². The highest BCUT2D eigenvalue weighted by atomic mass is 19.4. The Morgan fingerprint density at radius 3 is 2.67 bits per heavy atom. The van der Waals surface area contributed by atoms with Crippen molar-refractivity contribution in [2.24, 2.45) is 0 Å². The van der Waals surface area contributed by atoms with Crippen molar-refractivity contribution in [3.63, 3.8) is 0 Å². The minimum Gasteiger partial charge on any atom is -0.463 e. The first-order valence-corrected chi connectivity index (χ1v) is 7.61. The van der Waals surface area contributed by atoms with E-state index in [1.807, 2.05) is 6.08 Å². The largest absolute Gasteiger partial charge is 0.463 e. The maximum Gasteiger partial charge on any atom is 0.425 e. The van der Waals surface area contributed by atoms with Crippen LogP contribution in [0.3, 0.4) is 0 Å². The summed E-state index contributed by atoms with van der Waals surface area (Å²) in [6.07, 6.45) is -3.00. The quantitative estimate of drug-likeness (QED) is 0.776. The van der Waals surface area contributed by atoms with Gasteiger partial charge in [0.1, 0.15) is 11.5 Å². The highest BCUT2D eigenvalue weighted by Crippen LogP contribution is 2.42. The summed E-state index contributed by atoms with van der Waals surface area (Å²) in [5.41, 5.74) is -2.25. The van der Waals surface area contributed by atoms with Crippen LogP contribution < -0.4 is 5.32 Å². The van der Waals surface area contributed by atoms with Crippen molar-refractivity contribution < 1.29 is 32.2 Å². The van der Waals surface area contributed by atoms with E-state index in [0.717, 1.165) is 18.1 Å². The van der Waals surface area contributed by atoms with Gasteiger partial charge in [-0.2, -0.15) is 13.2 Å². The molecule has 1 aromatic rings. The van der Waals surface area contributed by atoms with Crippen molar-refractivity contribution in [2.75, 3.05) is 19.8 Å². The lowest BCUT2D eigenvalue weighted by molar-refractivity contribution is -0.273. The van der Waals surface area contributed by atoms with Gasteiger partial charge in [-0.15, -0.1) is 0 Å². The molecule has 1 aliphatic heterocycles. The molecule has 2 heterocycles. The van der Waals surface area contributed by atoms with Gasteiger partial charge in [0.15, 0.2) is 0 Å². The van der Waals surface area contributed by atoms with Gasteiger partial charge in [0.2, 0.25) is 11.5 Å². The zero-order valence-corrected chi connectivity index (χ0v) is 13.3. The SMILES string of the molecule is Cc1ccc(C(O)(CC(=O)NCCC2=CCOCC2)C(F)(F)F)o1. The number of hydrogen-bond donors (Lipinski definition) is 2. The fourth-order valence-electron chi connectivity index (χ4n) is 2.43. The van der Waals surface area contributed by atoms with Crippen molar-refractivity contribution in [3.05, 3.63) is 35.3 Å². The molecule has 8 heteroatoms. The third-order valence-electron chi connectivity index (χ3n) is 3.86. The summed E-state index contributed by atoms with van der Waals surface area (Å²) in [6, 6.07) is 2.34. The van der Waals surface area contributed by atoms with Crippen LogP contribution in [0.2, 0.25) is 0 Å². The molecule has 0 saturated heterocycles. The summed E-state index contributed by atoms with van der Waals surface area (Å²) >= 11 is 0. The number of amides is 1. The molecule has 0 spiro atoms. The van der Waals surface area contributed by atoms with Crippen LogP contribution in [-0.4, -0.2) is 36.9 Å². The van der Waals surface area contributed by atoms with Crippen molar-refractivity contribution in [1.29, 1.82) is 0 Å². The first-order chi connectivity index (χ1) is 11.2. The van der Waals surface area contributed by atoms with E-state index in [1.165, 1.54) is 13.0 Å². The summed E-state index contributed by atoms with van der Waals surface area (Å²) in [4.78, 5) is 11.9. The van der Waals surface area contributed by atoms with Gasteiger partial charge in [0.25, 0.3) is 0 Å². The average molecular weight is 347 g/mol. The monoisotopic (exact) mass is 347 g/mol. The number of carbonyl (C=O) groups is 1. The summed E-state index contributed by atoms with van der Waals surface area (Å²) in [5.74, 6) is -1.36. The van der Waals surface area contributed by atoms with Gasteiger partial charge >= 0.3 is 6.18 Å². The van der Waals surface area contributed by atoms with E-state index in [-0.39, 0.29) is 12.3 Å². The Morgan fingerprint density at radius 1 is 1.38 bits per heavy atom. The first kappa shape index (κ1) is 18.5. The summed E-state index contributed by atoms with van der Waals surface area (Å²) < 4.78 is 49.8. The molecule has 0 bridgehead atoms. The summed E-state index contributed by atoms with van der Waals surface area (Å²) in [5, 5.41) is 12.5. The molecule has 0 fully saturated rings. The highest BCUT2D eigenvalue weighted by molar-refractivity contribution is 5.77. The molecule has 0 aliphatic carbocycles. The molecule has 1 aromatic heterocycles. The Morgan fingerprint density at radius 2 is 2.12 bits per heavy atom. The van der Waals surface area contributed by atoms with Crippen LogP contribution in [0.15, 0.2) is 28.2 Å². The molecule has 0 radical (unpaired) electrons. The second kappa shape index (κ2) is 7.40. The van der Waals surface area contributed by atoms with Gasteiger partial charge in [0.05, 0.1) is 19.6 Å². The molecule has 2 rings (SSSR count). The van der Waals surface area contributed by atoms with Crippen LogP contribution >= 0.6 is 0 Å². The molecular weight excluding hydrogens is 327 g/mol. The van der Waals surface area contributed by atoms with Crippen molar-refractivity contribution >= 4 is 5.91 Å². The van der Waals surface area contributed by atoms with Crippen LogP contribution in [0.4, 0.5) is 13.2 Å². The van der Waals surface area contributed by atoms with Gasteiger partial charge in [-0.05, 0) is 31.9 Å². The van der Waals surface area contributed by atoms with E-state index in [1.54, 1.807) is 0 Å². The molecule has 1 atom stereocenters. The molecule has 5 nitrogen and oxygen atoms in total. The first-order valence-electron chi connectivity index (χ1n) is 7.61. The molecule has 0 aromatic carbocycles. The number of carbonyl (C=O) groups excluding carboxylic acids is 1. The molecule has 2 N–H and O–H groups in total. The smallest absolute Gasteiger partial charge is 0.425 e. The third-order valence-corrected chi connectivity index (χ3v) is 3.86. The Kier molecular flexibility index (Phi) is 5.71. The molecule has 1 aliphatic rings. The number of nitrogens with one attached hydrogen (secondary N) is 1. The van der Waals surface area contributed by atoms with Gasteiger partial charge in [0, 0.05) is 6.54 Å². The summed E-state index contributed by atoms with van der Waals surface area (Å²) in [6.45, 7) is 2.78. The average Bonchev–Trinajstić information content (AvgIpc) is 2.94. The van der Waals surface area contributed by atoms with Gasteiger partial charge in [-0.3, -0.25) is 4.79 Å². The van der Waals surface area contributed by atoms with Crippen molar-refractivity contribution in [2.45, 2.75) is 38.0 Å². The van der Waals surface area contributed by atoms with Crippen LogP contribution in [0.1, 0.15) is 30.8 Å². The minimum atomic E-state index is -5.03. The number of rotatable bonds is 6. The van der Waals surface area contributed by atoms with E-state index in [0.29, 0.717) is 19.6 Å². The highest BCUT2D eigenvalue weighted by Gasteiger charge is 2.58. The van der Waals surface area contributed by atoms with E-state index in [4.69, 9.17) is 9.15 Å². The lowest BCUT2D eigenvalue weighted by Crippen LogP contribution is -2.46. The van der Waals surface area contributed by atoms with E-state index in [9.17, 15) is 23.1 Å². The molecule has 0 saturated carbocycles. The number of hydrogen-bond acceptors (Lipinski definition) is 4. The van der Waals surface area contributed by atoms with Crippen molar-refractivity contribution in [1.82, 2.24) is 5.32 Å². The van der Waals surface area contributed by atoms with Crippen LogP contribution in [0.25, 0.3) is 0 Å². The number of halogens is 3. The molecule has 134 valence electrons. The topological polar surface area (TPSA) is 71.7 Å². The maximum atomic E-state index is 13.3. The number of furan rings is 1. The lowest BCUT2D eigenvalue weighted by atomic mass is 9.95. The Bertz CT molecular complexity index is 609. The predicted octanol–water partition coefficient (Wildman–Crippen LogP) is 2.58. The Hall–Kier alpha value is -1.80. The molecular formula is C16H20F3NO4. The molecule has 24 heavy (non-hydrogen) atoms. The Labute approximate surface area is 137 Å². The summed E-state index contributed by atoms with van der Waals surface area (Å²) in [7, 11) is 0. The predicted molar refractivity (Wildman–Crippen MR) is 79.2 cm³/mol. The lowest BCUT2D eigenvalue weighted by Gasteiger charge is -2.28. The molecule has 1 amide bonds. The fraction of sp³-hybridized carbons (Fsp3) is 0.562. The standard InChI is InChI=1S/C16H20F3NO4/c1-11-2-3-13(24-11)15(22,16(17,18)19)10-14(21)20-7-4-12-5-8-23-9-6-12/h2-3,5,22H,4,6-10H2,1H3,(H,20,21). The maximum absolute atomic E-state index is 13.3. The van der Waals surface area contributed by atoms with Crippen LogP contribution in [0.5, 0.6) is 0 Å². The number of aryl methyl sites for hydroxylation is 1. The third kappa shape index (κ3) is 4.39. The minimum absolute atomic E-state index is 0.204. The number of ether oxygens (including phenoxy) is 1. The fourth-order valence-corrected chi connectivity index (χ4v) is 2.43. The van der Waals surface area contributed by atoms with E-state index in [2.05, 4.69) is 5.32 Å². The Balaban J connectivity index is 1.96. The number of aliphatic hydroxyl groups is 1. The zero-order chi connectivity index (χ0) is 17.8. The zero-order valence-electron chi connectivity index (χ0n) is 13.3. The normalized spacial score (nSPS) is 18.0. The second-order valence-corrected chi connectivity index (χ2v) is 5.73. The second-order valence-electron chi connectivity index (χ2n) is 5.73. The van der Waals surface area contributed by atoms with Gasteiger partial charge in [-0.1, -0.05) is 11.6 Å². The van der Waals surface area contributed by atoms with Crippen LogP contribution in [-0.2, 0) is 15.1 Å². The number of alkyl halides is 3. The van der Waals surface area contributed by atoms with E-state index >= 15 is 0 Å². The van der Waals surface area contributed by atoms with Crippen LogP contribution in [0, 0.1) is 6.92 Å². The van der Waals surface area contributed by atoms with E-state index < -0.39 is 29.9 Å². The van der Waals surface area contributed by atoms with Gasteiger partial charge in [-0.25, -0.2) is 0 Å². The van der Waals surface area contributed by atoms with Crippen molar-refractivity contribution in [3.8, 4) is 0 Å². The molecule has 1 unspecified atom stereocenters.